The molecule has 1 unspecified atom stereocenters. The summed E-state index contributed by atoms with van der Waals surface area (Å²) in [5.41, 5.74) is 6.53. The van der Waals surface area contributed by atoms with E-state index in [4.69, 9.17) is 10.5 Å². The molecule has 2 N–H and O–H groups in total. The molecule has 0 radical (unpaired) electrons. The number of ether oxygens (including phenoxy) is 1. The Balaban J connectivity index is 2.00. The minimum Gasteiger partial charge on any atom is -0.444 e. The lowest BCUT2D eigenvalue weighted by Gasteiger charge is -2.32. The van der Waals surface area contributed by atoms with Crippen molar-refractivity contribution >= 4 is 11.8 Å². The number of carbonyl (C=O) groups excluding carboxylic acids is 1. The van der Waals surface area contributed by atoms with Crippen LogP contribution in [0.2, 0.25) is 0 Å². The summed E-state index contributed by atoms with van der Waals surface area (Å²) in [6.45, 7) is 6.93. The minimum absolute atomic E-state index is 0.127. The molecule has 2 heterocycles. The van der Waals surface area contributed by atoms with E-state index in [1.54, 1.807) is 23.2 Å². The summed E-state index contributed by atoms with van der Waals surface area (Å²) < 4.78 is 5.41. The van der Waals surface area contributed by atoms with E-state index >= 15 is 0 Å². The van der Waals surface area contributed by atoms with Crippen molar-refractivity contribution in [3.8, 4) is 11.8 Å². The second-order valence-electron chi connectivity index (χ2n) is 6.48. The van der Waals surface area contributed by atoms with Crippen LogP contribution in [0, 0.1) is 17.8 Å². The van der Waals surface area contributed by atoms with Gasteiger partial charge in [-0.1, -0.05) is 5.92 Å². The monoisotopic (exact) mass is 301 g/mol. The van der Waals surface area contributed by atoms with Crippen LogP contribution in [0.3, 0.4) is 0 Å². The highest BCUT2D eigenvalue weighted by atomic mass is 16.6. The van der Waals surface area contributed by atoms with Crippen molar-refractivity contribution in [1.29, 1.82) is 0 Å². The number of pyridine rings is 1. The first-order chi connectivity index (χ1) is 10.3. The number of hydrogen-bond acceptors (Lipinski definition) is 4. The fraction of sp³-hybridized carbons (Fsp3) is 0.529. The van der Waals surface area contributed by atoms with Crippen molar-refractivity contribution in [3.63, 3.8) is 0 Å². The van der Waals surface area contributed by atoms with Gasteiger partial charge in [0.25, 0.3) is 0 Å². The first-order valence-corrected chi connectivity index (χ1v) is 7.55. The van der Waals surface area contributed by atoms with Gasteiger partial charge in [-0.3, -0.25) is 0 Å². The third-order valence-corrected chi connectivity index (χ3v) is 3.31. The maximum Gasteiger partial charge on any atom is 0.410 e. The van der Waals surface area contributed by atoms with Crippen LogP contribution in [0.1, 0.15) is 39.3 Å². The van der Waals surface area contributed by atoms with Crippen molar-refractivity contribution < 1.29 is 9.53 Å². The van der Waals surface area contributed by atoms with Gasteiger partial charge in [-0.2, -0.15) is 0 Å². The quantitative estimate of drug-likeness (QED) is 0.748. The molecule has 22 heavy (non-hydrogen) atoms. The Hall–Kier alpha value is -2.22. The van der Waals surface area contributed by atoms with Gasteiger partial charge >= 0.3 is 6.09 Å². The smallest absolute Gasteiger partial charge is 0.410 e. The van der Waals surface area contributed by atoms with Crippen molar-refractivity contribution in [2.75, 3.05) is 18.8 Å². The highest BCUT2D eigenvalue weighted by Crippen LogP contribution is 2.19. The zero-order valence-corrected chi connectivity index (χ0v) is 13.4. The Morgan fingerprint density at radius 3 is 2.95 bits per heavy atom. The molecular formula is C17H23N3O2. The summed E-state index contributed by atoms with van der Waals surface area (Å²) in [6.07, 6.45) is 3.31. The lowest BCUT2D eigenvalue weighted by molar-refractivity contribution is 0.0190. The maximum absolute atomic E-state index is 12.1. The third kappa shape index (κ3) is 4.66. The summed E-state index contributed by atoms with van der Waals surface area (Å²) in [6, 6.07) is 3.57. The van der Waals surface area contributed by atoms with Gasteiger partial charge in [0.15, 0.2) is 0 Å². The van der Waals surface area contributed by atoms with Crippen LogP contribution in [0.15, 0.2) is 18.3 Å². The van der Waals surface area contributed by atoms with Crippen LogP contribution in [0.25, 0.3) is 0 Å². The van der Waals surface area contributed by atoms with Gasteiger partial charge < -0.3 is 15.4 Å². The Morgan fingerprint density at radius 1 is 1.50 bits per heavy atom. The Morgan fingerprint density at radius 2 is 2.27 bits per heavy atom. The number of piperidine rings is 1. The molecule has 0 saturated carbocycles. The van der Waals surface area contributed by atoms with Gasteiger partial charge in [0, 0.05) is 25.2 Å². The molecule has 0 spiro atoms. The number of aromatic nitrogens is 1. The molecule has 5 heteroatoms. The highest BCUT2D eigenvalue weighted by Gasteiger charge is 2.26. The lowest BCUT2D eigenvalue weighted by Crippen LogP contribution is -2.42. The zero-order valence-electron chi connectivity index (χ0n) is 13.4. The molecule has 1 atom stereocenters. The molecule has 1 amide bonds. The molecule has 2 rings (SSSR count). The Bertz CT molecular complexity index is 596. The van der Waals surface area contributed by atoms with Crippen LogP contribution in [0.5, 0.6) is 0 Å². The standard InChI is InChI=1S/C17H23N3O2/c1-17(2,3)22-16(21)20-11-5-6-13(12-20)8-9-15-14(18)7-4-10-19-15/h4,7,10,13H,5-6,11-12,18H2,1-3H3. The number of anilines is 1. The van der Waals surface area contributed by atoms with Crippen LogP contribution < -0.4 is 5.73 Å². The lowest BCUT2D eigenvalue weighted by atomic mass is 9.99. The molecule has 0 bridgehead atoms. The molecule has 0 aromatic carbocycles. The molecule has 5 nitrogen and oxygen atoms in total. The number of rotatable bonds is 0. The van der Waals surface area contributed by atoms with E-state index in [1.807, 2.05) is 20.8 Å². The van der Waals surface area contributed by atoms with Gasteiger partial charge in [-0.05, 0) is 51.7 Å². The molecule has 0 aliphatic carbocycles. The fourth-order valence-corrected chi connectivity index (χ4v) is 2.28. The van der Waals surface area contributed by atoms with E-state index in [0.29, 0.717) is 17.9 Å². The fourth-order valence-electron chi connectivity index (χ4n) is 2.28. The number of likely N-dealkylation sites (tertiary alicyclic amines) is 1. The summed E-state index contributed by atoms with van der Waals surface area (Å²) in [5.74, 6) is 6.34. The first kappa shape index (κ1) is 16.2. The van der Waals surface area contributed by atoms with Crippen LogP contribution in [-0.2, 0) is 4.74 Å². The summed E-state index contributed by atoms with van der Waals surface area (Å²) in [4.78, 5) is 18.0. The van der Waals surface area contributed by atoms with Crippen LogP contribution in [0.4, 0.5) is 10.5 Å². The van der Waals surface area contributed by atoms with E-state index in [-0.39, 0.29) is 12.0 Å². The predicted molar refractivity (Wildman–Crippen MR) is 86.1 cm³/mol. The Labute approximate surface area is 131 Å². The van der Waals surface area contributed by atoms with Crippen LogP contribution in [-0.4, -0.2) is 34.7 Å². The van der Waals surface area contributed by atoms with Crippen molar-refractivity contribution in [2.24, 2.45) is 5.92 Å². The molecule has 118 valence electrons. The van der Waals surface area contributed by atoms with E-state index in [2.05, 4.69) is 16.8 Å². The highest BCUT2D eigenvalue weighted by molar-refractivity contribution is 5.68. The number of carbonyl (C=O) groups is 1. The average molecular weight is 301 g/mol. The van der Waals surface area contributed by atoms with E-state index in [0.717, 1.165) is 19.4 Å². The molecule has 1 saturated heterocycles. The van der Waals surface area contributed by atoms with Gasteiger partial charge in [0.05, 0.1) is 5.69 Å². The molecule has 1 aliphatic heterocycles. The Kier molecular flexibility index (Phi) is 4.92. The number of amides is 1. The zero-order chi connectivity index (χ0) is 16.2. The van der Waals surface area contributed by atoms with Crippen molar-refractivity contribution in [1.82, 2.24) is 9.88 Å². The summed E-state index contributed by atoms with van der Waals surface area (Å²) in [5, 5.41) is 0. The van der Waals surface area contributed by atoms with Gasteiger partial charge in [-0.15, -0.1) is 0 Å². The molecule has 1 fully saturated rings. The second-order valence-corrected chi connectivity index (χ2v) is 6.48. The normalized spacial score (nSPS) is 18.3. The predicted octanol–water partition coefficient (Wildman–Crippen LogP) is 2.66. The molecule has 1 aromatic heterocycles. The van der Waals surface area contributed by atoms with Crippen LogP contribution >= 0.6 is 0 Å². The second kappa shape index (κ2) is 6.69. The summed E-state index contributed by atoms with van der Waals surface area (Å²) >= 11 is 0. The van der Waals surface area contributed by atoms with E-state index in [9.17, 15) is 4.79 Å². The van der Waals surface area contributed by atoms with Gasteiger partial charge in [0.2, 0.25) is 0 Å². The topological polar surface area (TPSA) is 68.5 Å². The molecular weight excluding hydrogens is 278 g/mol. The minimum atomic E-state index is -0.474. The third-order valence-electron chi connectivity index (χ3n) is 3.31. The van der Waals surface area contributed by atoms with Crippen molar-refractivity contribution in [2.45, 2.75) is 39.2 Å². The summed E-state index contributed by atoms with van der Waals surface area (Å²) in [7, 11) is 0. The van der Waals surface area contributed by atoms with Gasteiger partial charge in [-0.25, -0.2) is 9.78 Å². The number of nitrogen functional groups attached to an aromatic ring is 1. The van der Waals surface area contributed by atoms with Gasteiger partial charge in [0.1, 0.15) is 11.3 Å². The largest absolute Gasteiger partial charge is 0.444 e. The van der Waals surface area contributed by atoms with Crippen molar-refractivity contribution in [3.05, 3.63) is 24.0 Å². The average Bonchev–Trinajstić information content (AvgIpc) is 2.45. The number of nitrogens with two attached hydrogens (primary N) is 1. The molecule has 1 aliphatic rings. The molecule has 1 aromatic rings. The SMILES string of the molecule is CC(C)(C)OC(=O)N1CCCC(C#Cc2ncccc2N)C1. The first-order valence-electron chi connectivity index (χ1n) is 7.55. The maximum atomic E-state index is 12.1. The number of hydrogen-bond donors (Lipinski definition) is 1. The number of nitrogens with zero attached hydrogens (tertiary/aromatic N) is 2. The van der Waals surface area contributed by atoms with E-state index in [1.165, 1.54) is 0 Å². The van der Waals surface area contributed by atoms with E-state index < -0.39 is 5.60 Å².